The van der Waals surface area contributed by atoms with Gasteiger partial charge in [0.05, 0.1) is 5.92 Å². The predicted molar refractivity (Wildman–Crippen MR) is 76.2 cm³/mol. The lowest BCUT2D eigenvalue weighted by atomic mass is 10.1. The van der Waals surface area contributed by atoms with Gasteiger partial charge in [-0.05, 0) is 25.5 Å². The maximum absolute atomic E-state index is 12.3. The van der Waals surface area contributed by atoms with Gasteiger partial charge in [0.25, 0.3) is 5.91 Å². The molecule has 0 radical (unpaired) electrons. The number of furan rings is 1. The maximum Gasteiger partial charge on any atom is 0.308 e. The number of likely N-dealkylation sites (tertiary alicyclic amines) is 1. The summed E-state index contributed by atoms with van der Waals surface area (Å²) in [6.07, 6.45) is 0.495. The zero-order valence-corrected chi connectivity index (χ0v) is 12.2. The van der Waals surface area contributed by atoms with Crippen LogP contribution in [0.25, 0.3) is 10.8 Å². The van der Waals surface area contributed by atoms with Crippen molar-refractivity contribution < 1.29 is 19.1 Å². The lowest BCUT2D eigenvalue weighted by molar-refractivity contribution is -0.141. The number of aromatic nitrogens is 1. The summed E-state index contributed by atoms with van der Waals surface area (Å²) in [6.45, 7) is 2.56. The Labute approximate surface area is 125 Å². The molecular formula is C14H14N2O4S. The third-order valence-corrected chi connectivity index (χ3v) is 4.36. The largest absolute Gasteiger partial charge is 0.481 e. The first-order valence-corrected chi connectivity index (χ1v) is 7.47. The number of thiazole rings is 1. The fourth-order valence-corrected chi connectivity index (χ4v) is 3.10. The molecule has 0 aromatic carbocycles. The molecular weight excluding hydrogens is 292 g/mol. The highest BCUT2D eigenvalue weighted by atomic mass is 32.1. The van der Waals surface area contributed by atoms with Gasteiger partial charge in [0, 0.05) is 18.5 Å². The number of carbonyl (C=O) groups is 2. The molecule has 2 aromatic heterocycles. The van der Waals surface area contributed by atoms with Gasteiger partial charge in [-0.3, -0.25) is 9.59 Å². The summed E-state index contributed by atoms with van der Waals surface area (Å²) in [4.78, 5) is 29.1. The van der Waals surface area contributed by atoms with Gasteiger partial charge < -0.3 is 14.4 Å². The Hall–Kier alpha value is -2.15. The lowest BCUT2D eigenvalue weighted by Gasteiger charge is -2.13. The lowest BCUT2D eigenvalue weighted by Crippen LogP contribution is -2.30. The Kier molecular flexibility index (Phi) is 3.50. The highest BCUT2D eigenvalue weighted by molar-refractivity contribution is 7.13. The summed E-state index contributed by atoms with van der Waals surface area (Å²) in [5.74, 6) is -0.113. The van der Waals surface area contributed by atoms with Crippen molar-refractivity contribution in [3.05, 3.63) is 29.0 Å². The van der Waals surface area contributed by atoms with E-state index in [4.69, 9.17) is 9.52 Å². The van der Waals surface area contributed by atoms with E-state index in [0.717, 1.165) is 5.76 Å². The average Bonchev–Trinajstić information content (AvgIpc) is 3.17. The smallest absolute Gasteiger partial charge is 0.308 e. The van der Waals surface area contributed by atoms with Crippen LogP contribution in [0.1, 0.15) is 22.7 Å². The Morgan fingerprint density at radius 2 is 2.29 bits per heavy atom. The molecule has 3 rings (SSSR count). The number of nitrogens with zero attached hydrogens (tertiary/aromatic N) is 2. The van der Waals surface area contributed by atoms with Crippen LogP contribution in [0.4, 0.5) is 0 Å². The summed E-state index contributed by atoms with van der Waals surface area (Å²) in [5.41, 5.74) is 0.343. The van der Waals surface area contributed by atoms with Crippen molar-refractivity contribution in [1.82, 2.24) is 9.88 Å². The van der Waals surface area contributed by atoms with E-state index in [1.54, 1.807) is 10.3 Å². The van der Waals surface area contributed by atoms with Gasteiger partial charge in [-0.2, -0.15) is 0 Å². The Bertz CT molecular complexity index is 691. The fraction of sp³-hybridized carbons (Fsp3) is 0.357. The van der Waals surface area contributed by atoms with E-state index < -0.39 is 11.9 Å². The van der Waals surface area contributed by atoms with Crippen LogP contribution in [-0.4, -0.2) is 40.0 Å². The number of carboxylic acid groups (broad SMARTS) is 1. The van der Waals surface area contributed by atoms with Gasteiger partial charge in [0.1, 0.15) is 11.5 Å². The number of carbonyl (C=O) groups excluding carboxylic acids is 1. The highest BCUT2D eigenvalue weighted by Gasteiger charge is 2.32. The molecule has 1 amide bonds. The molecule has 1 aliphatic rings. The molecule has 6 nitrogen and oxygen atoms in total. The third-order valence-electron chi connectivity index (χ3n) is 3.50. The summed E-state index contributed by atoms with van der Waals surface area (Å²) in [6, 6.07) is 3.66. The molecule has 0 saturated carbocycles. The van der Waals surface area contributed by atoms with Crippen molar-refractivity contribution in [3.63, 3.8) is 0 Å². The minimum absolute atomic E-state index is 0.218. The van der Waals surface area contributed by atoms with Gasteiger partial charge >= 0.3 is 5.97 Å². The van der Waals surface area contributed by atoms with Gasteiger partial charge in [0.2, 0.25) is 0 Å². The topological polar surface area (TPSA) is 83.6 Å². The van der Waals surface area contributed by atoms with Crippen LogP contribution >= 0.6 is 11.3 Å². The van der Waals surface area contributed by atoms with Crippen LogP contribution in [0.15, 0.2) is 21.9 Å². The van der Waals surface area contributed by atoms with Crippen LogP contribution in [0.2, 0.25) is 0 Å². The summed E-state index contributed by atoms with van der Waals surface area (Å²) >= 11 is 1.34. The van der Waals surface area contributed by atoms with Gasteiger partial charge in [-0.25, -0.2) is 4.98 Å². The molecule has 0 aliphatic carbocycles. The molecule has 7 heteroatoms. The van der Waals surface area contributed by atoms with Crippen molar-refractivity contribution in [1.29, 1.82) is 0 Å². The van der Waals surface area contributed by atoms with Crippen LogP contribution in [0.5, 0.6) is 0 Å². The van der Waals surface area contributed by atoms with Crippen LogP contribution in [-0.2, 0) is 4.79 Å². The second-order valence-corrected chi connectivity index (χ2v) is 5.88. The standard InChI is InChI=1S/C14H14N2O4S/c1-8-2-3-11(20-8)12-15-10(7-21-12)13(17)16-5-4-9(6-16)14(18)19/h2-3,7,9H,4-6H2,1H3,(H,18,19). The summed E-state index contributed by atoms with van der Waals surface area (Å²) in [7, 11) is 0. The molecule has 3 heterocycles. The SMILES string of the molecule is Cc1ccc(-c2nc(C(=O)N3CCC(C(=O)O)C3)cs2)o1. The normalized spacial score (nSPS) is 18.1. The Morgan fingerprint density at radius 1 is 1.48 bits per heavy atom. The first kappa shape index (κ1) is 13.8. The highest BCUT2D eigenvalue weighted by Crippen LogP contribution is 2.27. The molecule has 1 aliphatic heterocycles. The quantitative estimate of drug-likeness (QED) is 0.940. The number of amides is 1. The molecule has 0 bridgehead atoms. The maximum atomic E-state index is 12.3. The molecule has 2 aromatic rings. The first-order valence-electron chi connectivity index (χ1n) is 6.59. The number of hydrogen-bond acceptors (Lipinski definition) is 5. The van der Waals surface area contributed by atoms with Gasteiger partial charge in [0.15, 0.2) is 10.8 Å². The van der Waals surface area contributed by atoms with Crippen molar-refractivity contribution >= 4 is 23.2 Å². The fourth-order valence-electron chi connectivity index (χ4n) is 2.34. The molecule has 110 valence electrons. The number of aryl methyl sites for hydroxylation is 1. The van der Waals surface area contributed by atoms with Crippen LogP contribution in [0.3, 0.4) is 0 Å². The average molecular weight is 306 g/mol. The van der Waals surface area contributed by atoms with Crippen LogP contribution < -0.4 is 0 Å². The monoisotopic (exact) mass is 306 g/mol. The van der Waals surface area contributed by atoms with Crippen molar-refractivity contribution in [3.8, 4) is 10.8 Å². The van der Waals surface area contributed by atoms with Crippen molar-refractivity contribution in [2.24, 2.45) is 5.92 Å². The third kappa shape index (κ3) is 2.69. The Morgan fingerprint density at radius 3 is 2.90 bits per heavy atom. The Balaban J connectivity index is 1.74. The molecule has 1 atom stereocenters. The van der Waals surface area contributed by atoms with E-state index in [2.05, 4.69) is 4.98 Å². The van der Waals surface area contributed by atoms with E-state index in [-0.39, 0.29) is 12.5 Å². The molecule has 1 fully saturated rings. The van der Waals surface area contributed by atoms with E-state index in [1.807, 2.05) is 19.1 Å². The van der Waals surface area contributed by atoms with E-state index >= 15 is 0 Å². The minimum atomic E-state index is -0.852. The first-order chi connectivity index (χ1) is 10.0. The van der Waals surface area contributed by atoms with E-state index in [0.29, 0.717) is 29.4 Å². The number of aliphatic carboxylic acids is 1. The van der Waals surface area contributed by atoms with Crippen molar-refractivity contribution in [2.75, 3.05) is 13.1 Å². The second kappa shape index (κ2) is 5.33. The number of rotatable bonds is 3. The zero-order valence-electron chi connectivity index (χ0n) is 11.4. The van der Waals surface area contributed by atoms with Crippen LogP contribution in [0, 0.1) is 12.8 Å². The van der Waals surface area contributed by atoms with Gasteiger partial charge in [-0.1, -0.05) is 0 Å². The predicted octanol–water partition coefficient (Wildman–Crippen LogP) is 2.26. The molecule has 1 saturated heterocycles. The van der Waals surface area contributed by atoms with Crippen molar-refractivity contribution in [2.45, 2.75) is 13.3 Å². The molecule has 1 N–H and O–H groups in total. The zero-order chi connectivity index (χ0) is 15.0. The number of hydrogen-bond donors (Lipinski definition) is 1. The second-order valence-electron chi connectivity index (χ2n) is 5.02. The molecule has 0 spiro atoms. The van der Waals surface area contributed by atoms with Gasteiger partial charge in [-0.15, -0.1) is 11.3 Å². The minimum Gasteiger partial charge on any atom is -0.481 e. The summed E-state index contributed by atoms with van der Waals surface area (Å²) in [5, 5.41) is 11.3. The molecule has 21 heavy (non-hydrogen) atoms. The number of carboxylic acids is 1. The summed E-state index contributed by atoms with van der Waals surface area (Å²) < 4.78 is 5.48. The van der Waals surface area contributed by atoms with E-state index in [1.165, 1.54) is 11.3 Å². The van der Waals surface area contributed by atoms with E-state index in [9.17, 15) is 9.59 Å². The molecule has 1 unspecified atom stereocenters.